The molecule has 0 unspecified atom stereocenters. The monoisotopic (exact) mass is 264 g/mol. The molecule has 1 saturated carbocycles. The van der Waals surface area contributed by atoms with Gasteiger partial charge in [0, 0.05) is 16.2 Å². The molecule has 1 aromatic carbocycles. The molecule has 0 atom stereocenters. The van der Waals surface area contributed by atoms with Crippen LogP contribution in [0.3, 0.4) is 0 Å². The fourth-order valence-electron chi connectivity index (χ4n) is 1.99. The van der Waals surface area contributed by atoms with Crippen molar-refractivity contribution < 1.29 is 0 Å². The van der Waals surface area contributed by atoms with Gasteiger partial charge in [-0.25, -0.2) is 0 Å². The Morgan fingerprint density at radius 1 is 1.33 bits per heavy atom. The fraction of sp³-hybridized carbons (Fsp3) is 0.417. The molecule has 1 N–H and O–H groups in total. The third-order valence-corrected chi connectivity index (χ3v) is 3.47. The molecule has 0 radical (unpaired) electrons. The quantitative estimate of drug-likeness (QED) is 0.885. The maximum Gasteiger partial charge on any atom is 0.0992 e. The summed E-state index contributed by atoms with van der Waals surface area (Å²) >= 11 is 3.48. The number of nitrogens with one attached hydrogen (secondary N) is 1. The summed E-state index contributed by atoms with van der Waals surface area (Å²) in [6.07, 6.45) is 5.16. The van der Waals surface area contributed by atoms with Crippen molar-refractivity contribution in [3.05, 3.63) is 28.2 Å². The van der Waals surface area contributed by atoms with E-state index in [9.17, 15) is 0 Å². The first-order valence-corrected chi connectivity index (χ1v) is 6.05. The van der Waals surface area contributed by atoms with Gasteiger partial charge in [-0.3, -0.25) is 0 Å². The van der Waals surface area contributed by atoms with Crippen LogP contribution in [-0.4, -0.2) is 6.04 Å². The van der Waals surface area contributed by atoms with Gasteiger partial charge in [0.25, 0.3) is 0 Å². The highest BCUT2D eigenvalue weighted by Crippen LogP contribution is 2.28. The average molecular weight is 265 g/mol. The minimum Gasteiger partial charge on any atom is -0.381 e. The highest BCUT2D eigenvalue weighted by Gasteiger charge is 2.15. The van der Waals surface area contributed by atoms with E-state index < -0.39 is 0 Å². The van der Waals surface area contributed by atoms with E-state index in [1.165, 1.54) is 25.7 Å². The summed E-state index contributed by atoms with van der Waals surface area (Å²) in [5, 5.41) is 12.3. The van der Waals surface area contributed by atoms with Crippen molar-refractivity contribution in [2.45, 2.75) is 31.7 Å². The molecule has 0 spiro atoms. The summed E-state index contributed by atoms with van der Waals surface area (Å²) in [7, 11) is 0. The van der Waals surface area contributed by atoms with E-state index in [0.29, 0.717) is 11.6 Å². The molecule has 15 heavy (non-hydrogen) atoms. The summed E-state index contributed by atoms with van der Waals surface area (Å²) in [6.45, 7) is 0. The zero-order valence-corrected chi connectivity index (χ0v) is 10.0. The van der Waals surface area contributed by atoms with Crippen molar-refractivity contribution in [3.8, 4) is 6.07 Å². The van der Waals surface area contributed by atoms with Crippen LogP contribution in [0.2, 0.25) is 0 Å². The first-order chi connectivity index (χ1) is 7.29. The zero-order valence-electron chi connectivity index (χ0n) is 8.46. The lowest BCUT2D eigenvalue weighted by atomic mass is 10.2. The minimum absolute atomic E-state index is 0.606. The highest BCUT2D eigenvalue weighted by atomic mass is 79.9. The first-order valence-electron chi connectivity index (χ1n) is 5.26. The fourth-order valence-corrected chi connectivity index (χ4v) is 2.49. The Balaban J connectivity index is 2.11. The van der Waals surface area contributed by atoms with Crippen LogP contribution in [0, 0.1) is 11.3 Å². The maximum absolute atomic E-state index is 8.75. The predicted molar refractivity (Wildman–Crippen MR) is 64.7 cm³/mol. The van der Waals surface area contributed by atoms with Crippen molar-refractivity contribution in [1.82, 2.24) is 0 Å². The normalized spacial score (nSPS) is 16.3. The third-order valence-electron chi connectivity index (χ3n) is 2.81. The van der Waals surface area contributed by atoms with E-state index in [1.807, 2.05) is 18.2 Å². The number of benzene rings is 1. The van der Waals surface area contributed by atoms with E-state index in [-0.39, 0.29) is 0 Å². The lowest BCUT2D eigenvalue weighted by molar-refractivity contribution is 0.755. The van der Waals surface area contributed by atoms with Gasteiger partial charge in [0.2, 0.25) is 0 Å². The van der Waals surface area contributed by atoms with Gasteiger partial charge in [0.05, 0.1) is 11.6 Å². The molecule has 1 aliphatic carbocycles. The van der Waals surface area contributed by atoms with Crippen molar-refractivity contribution in [2.24, 2.45) is 0 Å². The Bertz CT molecular complexity index is 389. The number of nitriles is 1. The van der Waals surface area contributed by atoms with Crippen LogP contribution in [0.1, 0.15) is 31.2 Å². The van der Waals surface area contributed by atoms with E-state index >= 15 is 0 Å². The van der Waals surface area contributed by atoms with Gasteiger partial charge in [-0.1, -0.05) is 12.8 Å². The highest BCUT2D eigenvalue weighted by molar-refractivity contribution is 9.10. The van der Waals surface area contributed by atoms with Gasteiger partial charge in [-0.05, 0) is 47.0 Å². The standard InChI is InChI=1S/C12H13BrN2/c13-11-7-9(8-14)5-6-12(11)15-10-3-1-2-4-10/h5-7,10,15H,1-4H2. The SMILES string of the molecule is N#Cc1ccc(NC2CCCC2)c(Br)c1. The van der Waals surface area contributed by atoms with Gasteiger partial charge >= 0.3 is 0 Å². The molecule has 0 amide bonds. The zero-order chi connectivity index (χ0) is 10.7. The molecular formula is C12H13BrN2. The molecule has 0 aliphatic heterocycles. The number of anilines is 1. The van der Waals surface area contributed by atoms with E-state index in [1.54, 1.807) is 0 Å². The first kappa shape index (κ1) is 10.5. The van der Waals surface area contributed by atoms with Gasteiger partial charge in [0.15, 0.2) is 0 Å². The summed E-state index contributed by atoms with van der Waals surface area (Å²) in [5.41, 5.74) is 1.79. The molecule has 0 saturated heterocycles. The van der Waals surface area contributed by atoms with Gasteiger partial charge in [-0.2, -0.15) is 5.26 Å². The number of rotatable bonds is 2. The van der Waals surface area contributed by atoms with Crippen molar-refractivity contribution in [1.29, 1.82) is 5.26 Å². The Labute approximate surface area is 98.4 Å². The minimum atomic E-state index is 0.606. The topological polar surface area (TPSA) is 35.8 Å². The Hall–Kier alpha value is -1.01. The van der Waals surface area contributed by atoms with Crippen LogP contribution in [0.4, 0.5) is 5.69 Å². The molecular weight excluding hydrogens is 252 g/mol. The maximum atomic E-state index is 8.75. The van der Waals surface area contributed by atoms with E-state index in [4.69, 9.17) is 5.26 Å². The summed E-state index contributed by atoms with van der Waals surface area (Å²) in [6, 6.07) is 8.42. The number of hydrogen-bond acceptors (Lipinski definition) is 2. The van der Waals surface area contributed by atoms with Crippen LogP contribution in [-0.2, 0) is 0 Å². The predicted octanol–water partition coefficient (Wildman–Crippen LogP) is 3.68. The molecule has 2 nitrogen and oxygen atoms in total. The van der Waals surface area contributed by atoms with E-state index in [2.05, 4.69) is 27.3 Å². The summed E-state index contributed by atoms with van der Waals surface area (Å²) < 4.78 is 0.980. The summed E-state index contributed by atoms with van der Waals surface area (Å²) in [4.78, 5) is 0. The van der Waals surface area contributed by atoms with Gasteiger partial charge in [0.1, 0.15) is 0 Å². The molecule has 1 aliphatic rings. The van der Waals surface area contributed by atoms with Crippen molar-refractivity contribution in [2.75, 3.05) is 5.32 Å². The van der Waals surface area contributed by atoms with Gasteiger partial charge < -0.3 is 5.32 Å². The van der Waals surface area contributed by atoms with Crippen LogP contribution < -0.4 is 5.32 Å². The Morgan fingerprint density at radius 3 is 2.67 bits per heavy atom. The molecule has 0 bridgehead atoms. The molecule has 78 valence electrons. The smallest absolute Gasteiger partial charge is 0.0992 e. The van der Waals surface area contributed by atoms with Gasteiger partial charge in [-0.15, -0.1) is 0 Å². The number of nitrogens with zero attached hydrogens (tertiary/aromatic N) is 1. The van der Waals surface area contributed by atoms with Crippen LogP contribution in [0.5, 0.6) is 0 Å². The van der Waals surface area contributed by atoms with Crippen LogP contribution in [0.15, 0.2) is 22.7 Å². The second kappa shape index (κ2) is 4.67. The van der Waals surface area contributed by atoms with Crippen LogP contribution in [0.25, 0.3) is 0 Å². The molecule has 0 aromatic heterocycles. The molecule has 1 fully saturated rings. The number of hydrogen-bond donors (Lipinski definition) is 1. The molecule has 3 heteroatoms. The second-order valence-corrected chi connectivity index (χ2v) is 4.79. The number of halogens is 1. The molecule has 2 rings (SSSR count). The lowest BCUT2D eigenvalue weighted by Gasteiger charge is -2.14. The third kappa shape index (κ3) is 2.51. The van der Waals surface area contributed by atoms with E-state index in [0.717, 1.165) is 10.2 Å². The average Bonchev–Trinajstić information content (AvgIpc) is 2.74. The van der Waals surface area contributed by atoms with Crippen molar-refractivity contribution in [3.63, 3.8) is 0 Å². The molecule has 1 aromatic rings. The second-order valence-electron chi connectivity index (χ2n) is 3.93. The molecule has 0 heterocycles. The Morgan fingerprint density at radius 2 is 2.07 bits per heavy atom. The summed E-state index contributed by atoms with van der Waals surface area (Å²) in [5.74, 6) is 0. The largest absolute Gasteiger partial charge is 0.381 e. The Kier molecular flexibility index (Phi) is 3.27. The lowest BCUT2D eigenvalue weighted by Crippen LogP contribution is -2.14. The van der Waals surface area contributed by atoms with Crippen molar-refractivity contribution >= 4 is 21.6 Å². The van der Waals surface area contributed by atoms with Crippen LogP contribution >= 0.6 is 15.9 Å².